The largest absolute Gasteiger partial charge is 0.453 e. The molecule has 3 heterocycles. The predicted molar refractivity (Wildman–Crippen MR) is 83.7 cm³/mol. The highest BCUT2D eigenvalue weighted by molar-refractivity contribution is 7.99. The van der Waals surface area contributed by atoms with E-state index in [1.165, 1.54) is 11.8 Å². The molecule has 0 unspecified atom stereocenters. The Labute approximate surface area is 133 Å². The summed E-state index contributed by atoms with van der Waals surface area (Å²) in [6.45, 7) is 3.63. The first kappa shape index (κ1) is 14.9. The van der Waals surface area contributed by atoms with Crippen molar-refractivity contribution in [1.82, 2.24) is 20.5 Å². The molecule has 116 valence electrons. The van der Waals surface area contributed by atoms with Gasteiger partial charge in [-0.15, -0.1) is 0 Å². The van der Waals surface area contributed by atoms with E-state index in [1.54, 1.807) is 11.1 Å². The second kappa shape index (κ2) is 7.33. The molecule has 22 heavy (non-hydrogen) atoms. The van der Waals surface area contributed by atoms with Crippen LogP contribution >= 0.6 is 11.8 Å². The average Bonchev–Trinajstić information content (AvgIpc) is 3.14. The lowest BCUT2D eigenvalue weighted by molar-refractivity contribution is 0.217. The summed E-state index contributed by atoms with van der Waals surface area (Å²) >= 11 is 1.50. The summed E-state index contributed by atoms with van der Waals surface area (Å²) < 4.78 is 5.75. The summed E-state index contributed by atoms with van der Waals surface area (Å²) in [5, 5.41) is 7.81. The molecule has 0 atom stereocenters. The first-order valence-corrected chi connectivity index (χ1v) is 8.04. The Morgan fingerprint density at radius 3 is 3.09 bits per heavy atom. The lowest BCUT2D eigenvalue weighted by Gasteiger charge is -2.13. The fourth-order valence-electron chi connectivity index (χ4n) is 2.17. The number of furan rings is 1. The fraction of sp³-hybridized carbons (Fsp3) is 0.333. The van der Waals surface area contributed by atoms with Crippen LogP contribution in [-0.4, -0.2) is 42.1 Å². The molecule has 1 aliphatic heterocycles. The highest BCUT2D eigenvalue weighted by Gasteiger charge is 2.18. The molecule has 2 N–H and O–H groups in total. The number of aromatic nitrogens is 1. The van der Waals surface area contributed by atoms with E-state index in [4.69, 9.17) is 4.42 Å². The monoisotopic (exact) mass is 318 g/mol. The summed E-state index contributed by atoms with van der Waals surface area (Å²) in [5.41, 5.74) is 0. The number of hydrogen-bond donors (Lipinski definition) is 2. The van der Waals surface area contributed by atoms with Crippen molar-refractivity contribution in [3.8, 4) is 0 Å². The Morgan fingerprint density at radius 1 is 1.36 bits per heavy atom. The van der Waals surface area contributed by atoms with Crippen molar-refractivity contribution in [3.63, 3.8) is 0 Å². The molecule has 2 aromatic heterocycles. The highest BCUT2D eigenvalue weighted by Crippen LogP contribution is 2.27. The lowest BCUT2D eigenvalue weighted by atomic mass is 10.4. The third-order valence-corrected chi connectivity index (χ3v) is 4.15. The van der Waals surface area contributed by atoms with Crippen LogP contribution in [-0.2, 0) is 6.54 Å². The van der Waals surface area contributed by atoms with E-state index in [2.05, 4.69) is 15.6 Å². The molecule has 3 rings (SSSR count). The van der Waals surface area contributed by atoms with E-state index in [1.807, 2.05) is 30.3 Å². The summed E-state index contributed by atoms with van der Waals surface area (Å²) in [5.74, 6) is 0.879. The van der Waals surface area contributed by atoms with Crippen LogP contribution in [0.1, 0.15) is 5.76 Å². The maximum Gasteiger partial charge on any atom is 0.317 e. The predicted octanol–water partition coefficient (Wildman–Crippen LogP) is 1.94. The molecule has 2 aromatic rings. The number of carbonyl (C=O) groups excluding carboxylic acids is 1. The Balaban J connectivity index is 1.41. The first-order chi connectivity index (χ1) is 10.8. The number of amides is 2. The second-order valence-corrected chi connectivity index (χ2v) is 5.91. The third-order valence-electron chi connectivity index (χ3n) is 3.28. The fourth-order valence-corrected chi connectivity index (χ4v) is 2.92. The Kier molecular flexibility index (Phi) is 4.97. The number of rotatable bonds is 7. The van der Waals surface area contributed by atoms with E-state index in [0.29, 0.717) is 13.1 Å². The highest BCUT2D eigenvalue weighted by atomic mass is 32.2. The molecular weight excluding hydrogens is 300 g/mol. The van der Waals surface area contributed by atoms with Gasteiger partial charge in [0, 0.05) is 32.4 Å². The van der Waals surface area contributed by atoms with Crippen molar-refractivity contribution < 1.29 is 9.21 Å². The first-order valence-electron chi connectivity index (χ1n) is 7.22. The van der Waals surface area contributed by atoms with Gasteiger partial charge in [0.15, 0.2) is 5.09 Å². The number of carbonyl (C=O) groups is 1. The zero-order chi connectivity index (χ0) is 15.2. The molecule has 1 saturated heterocycles. The van der Waals surface area contributed by atoms with Crippen molar-refractivity contribution in [2.45, 2.75) is 16.7 Å². The zero-order valence-electron chi connectivity index (χ0n) is 12.1. The molecule has 0 saturated carbocycles. The van der Waals surface area contributed by atoms with Gasteiger partial charge in [0.2, 0.25) is 0 Å². The molecule has 0 bridgehead atoms. The van der Waals surface area contributed by atoms with Crippen molar-refractivity contribution in [2.24, 2.45) is 0 Å². The second-order valence-electron chi connectivity index (χ2n) is 4.89. The van der Waals surface area contributed by atoms with E-state index < -0.39 is 0 Å². The Bertz CT molecular complexity index is 617. The van der Waals surface area contributed by atoms with E-state index in [9.17, 15) is 4.79 Å². The van der Waals surface area contributed by atoms with Gasteiger partial charge in [0.05, 0.1) is 6.54 Å². The molecule has 6 nitrogen and oxygen atoms in total. The normalized spacial score (nSPS) is 14.4. The van der Waals surface area contributed by atoms with Gasteiger partial charge in [-0.05, 0) is 36.0 Å². The van der Waals surface area contributed by atoms with E-state index in [0.717, 1.165) is 35.5 Å². The van der Waals surface area contributed by atoms with Gasteiger partial charge >= 0.3 is 6.03 Å². The van der Waals surface area contributed by atoms with E-state index >= 15 is 0 Å². The minimum absolute atomic E-state index is 0.0221. The quantitative estimate of drug-likeness (QED) is 0.764. The SMILES string of the molecule is O=C1NCCN1CCNCc1ccc(Sc2ccccn2)o1. The summed E-state index contributed by atoms with van der Waals surface area (Å²) in [6, 6.07) is 9.73. The smallest absolute Gasteiger partial charge is 0.317 e. The molecule has 0 aromatic carbocycles. The maximum atomic E-state index is 11.4. The van der Waals surface area contributed by atoms with Gasteiger partial charge in [-0.2, -0.15) is 0 Å². The van der Waals surface area contributed by atoms with Crippen LogP contribution in [0.3, 0.4) is 0 Å². The molecule has 7 heteroatoms. The Morgan fingerprint density at radius 2 is 2.32 bits per heavy atom. The average molecular weight is 318 g/mol. The molecular formula is C15H18N4O2S. The molecule has 0 radical (unpaired) electrons. The van der Waals surface area contributed by atoms with Crippen LogP contribution in [0.4, 0.5) is 4.79 Å². The Hall–Kier alpha value is -1.99. The zero-order valence-corrected chi connectivity index (χ0v) is 12.9. The summed E-state index contributed by atoms with van der Waals surface area (Å²) in [7, 11) is 0. The molecule has 1 aliphatic rings. The van der Waals surface area contributed by atoms with Crippen LogP contribution in [0.15, 0.2) is 51.1 Å². The van der Waals surface area contributed by atoms with Crippen molar-refractivity contribution in [1.29, 1.82) is 0 Å². The molecule has 2 amide bonds. The van der Waals surface area contributed by atoms with Gasteiger partial charge < -0.3 is 20.0 Å². The topological polar surface area (TPSA) is 70.4 Å². The summed E-state index contributed by atoms with van der Waals surface area (Å²) in [6.07, 6.45) is 1.77. The van der Waals surface area contributed by atoms with E-state index in [-0.39, 0.29) is 6.03 Å². The van der Waals surface area contributed by atoms with Crippen molar-refractivity contribution >= 4 is 17.8 Å². The van der Waals surface area contributed by atoms with Gasteiger partial charge in [-0.25, -0.2) is 9.78 Å². The molecule has 0 aliphatic carbocycles. The van der Waals surface area contributed by atoms with Gasteiger partial charge in [0.1, 0.15) is 10.8 Å². The van der Waals surface area contributed by atoms with Gasteiger partial charge in [0.25, 0.3) is 0 Å². The molecule has 0 spiro atoms. The van der Waals surface area contributed by atoms with Gasteiger partial charge in [-0.1, -0.05) is 6.07 Å². The maximum absolute atomic E-state index is 11.4. The number of nitrogens with zero attached hydrogens (tertiary/aromatic N) is 2. The van der Waals surface area contributed by atoms with Crippen LogP contribution in [0, 0.1) is 0 Å². The van der Waals surface area contributed by atoms with Crippen LogP contribution in [0.2, 0.25) is 0 Å². The third kappa shape index (κ3) is 4.02. The molecule has 1 fully saturated rings. The van der Waals surface area contributed by atoms with Gasteiger partial charge in [-0.3, -0.25) is 0 Å². The standard InChI is InChI=1S/C15H18N4O2S/c20-15-18-8-10-19(15)9-7-16-11-12-4-5-14(21-12)22-13-3-1-2-6-17-13/h1-6,16H,7-11H2,(H,18,20). The minimum Gasteiger partial charge on any atom is -0.453 e. The van der Waals surface area contributed by atoms with Crippen LogP contribution in [0.5, 0.6) is 0 Å². The van der Waals surface area contributed by atoms with Crippen molar-refractivity contribution in [2.75, 3.05) is 26.2 Å². The van der Waals surface area contributed by atoms with Crippen LogP contribution in [0.25, 0.3) is 0 Å². The van der Waals surface area contributed by atoms with Crippen LogP contribution < -0.4 is 10.6 Å². The number of nitrogens with one attached hydrogen (secondary N) is 2. The number of hydrogen-bond acceptors (Lipinski definition) is 5. The van der Waals surface area contributed by atoms with Crippen molar-refractivity contribution in [3.05, 3.63) is 42.3 Å². The number of urea groups is 1. The minimum atomic E-state index is 0.0221. The summed E-state index contributed by atoms with van der Waals surface area (Å²) in [4.78, 5) is 17.4. The number of pyridine rings is 1. The lowest BCUT2D eigenvalue weighted by Crippen LogP contribution is -2.34.